The van der Waals surface area contributed by atoms with E-state index in [-0.39, 0.29) is 17.3 Å². The Kier molecular flexibility index (Phi) is 2.94. The SMILES string of the molecule is CC12CCC3C(CCC4=CC(=O)CCC43O)C1CC(O)C2. The molecule has 3 fully saturated rings. The summed E-state index contributed by atoms with van der Waals surface area (Å²) in [5.41, 5.74) is 0.538. The van der Waals surface area contributed by atoms with Gasteiger partial charge in [0.25, 0.3) is 0 Å². The summed E-state index contributed by atoms with van der Waals surface area (Å²) in [7, 11) is 0. The molecule has 3 saturated carbocycles. The molecule has 6 unspecified atom stereocenters. The van der Waals surface area contributed by atoms with Gasteiger partial charge in [0.15, 0.2) is 5.78 Å². The van der Waals surface area contributed by atoms with Gasteiger partial charge in [-0.25, -0.2) is 0 Å². The van der Waals surface area contributed by atoms with Crippen molar-refractivity contribution in [2.45, 2.75) is 70.0 Å². The molecule has 0 radical (unpaired) electrons. The summed E-state index contributed by atoms with van der Waals surface area (Å²) in [5.74, 6) is 1.56. The summed E-state index contributed by atoms with van der Waals surface area (Å²) in [6.07, 6.45) is 8.64. The standard InChI is InChI=1S/C18H26O3/c1-17-6-5-15-14(16(17)9-13(20)10-17)3-2-11-8-12(19)4-7-18(11,15)21/h8,13-16,20-21H,2-7,9-10H2,1H3. The third kappa shape index (κ3) is 1.90. The second kappa shape index (κ2) is 4.42. The van der Waals surface area contributed by atoms with Crippen LogP contribution in [0.25, 0.3) is 0 Å². The van der Waals surface area contributed by atoms with E-state index in [0.717, 1.165) is 44.1 Å². The maximum absolute atomic E-state index is 11.7. The topological polar surface area (TPSA) is 57.5 Å². The third-order valence-electron chi connectivity index (χ3n) is 7.19. The Balaban J connectivity index is 1.68. The van der Waals surface area contributed by atoms with Gasteiger partial charge in [0, 0.05) is 6.42 Å². The number of aliphatic hydroxyl groups excluding tert-OH is 1. The molecule has 0 aliphatic heterocycles. The monoisotopic (exact) mass is 290 g/mol. The number of aliphatic hydroxyl groups is 2. The van der Waals surface area contributed by atoms with Crippen LogP contribution >= 0.6 is 0 Å². The summed E-state index contributed by atoms with van der Waals surface area (Å²) in [5, 5.41) is 21.4. The Morgan fingerprint density at radius 2 is 2.00 bits per heavy atom. The number of carbonyl (C=O) groups is 1. The van der Waals surface area contributed by atoms with Gasteiger partial charge in [0.2, 0.25) is 0 Å². The zero-order valence-corrected chi connectivity index (χ0v) is 12.8. The zero-order chi connectivity index (χ0) is 14.8. The Morgan fingerprint density at radius 3 is 2.81 bits per heavy atom. The predicted octanol–water partition coefficient (Wildman–Crippen LogP) is 2.60. The molecular weight excluding hydrogens is 264 g/mol. The van der Waals surface area contributed by atoms with Crippen LogP contribution in [0, 0.1) is 23.2 Å². The van der Waals surface area contributed by atoms with Crippen molar-refractivity contribution in [3.05, 3.63) is 11.6 Å². The number of ketones is 1. The van der Waals surface area contributed by atoms with E-state index in [1.807, 2.05) is 0 Å². The maximum atomic E-state index is 11.7. The van der Waals surface area contributed by atoms with Gasteiger partial charge in [-0.15, -0.1) is 0 Å². The van der Waals surface area contributed by atoms with E-state index in [2.05, 4.69) is 6.92 Å². The first-order valence-electron chi connectivity index (χ1n) is 8.57. The van der Waals surface area contributed by atoms with Crippen LogP contribution in [0.4, 0.5) is 0 Å². The first-order chi connectivity index (χ1) is 9.92. The minimum Gasteiger partial charge on any atom is -0.393 e. The average Bonchev–Trinajstić information content (AvgIpc) is 2.74. The quantitative estimate of drug-likeness (QED) is 0.721. The van der Waals surface area contributed by atoms with Gasteiger partial charge >= 0.3 is 0 Å². The largest absolute Gasteiger partial charge is 0.393 e. The molecule has 3 nitrogen and oxygen atoms in total. The normalized spacial score (nSPS) is 52.7. The summed E-state index contributed by atoms with van der Waals surface area (Å²) in [4.78, 5) is 11.7. The third-order valence-corrected chi connectivity index (χ3v) is 7.19. The van der Waals surface area contributed by atoms with Gasteiger partial charge in [-0.3, -0.25) is 4.79 Å². The highest BCUT2D eigenvalue weighted by molar-refractivity contribution is 5.92. The fraction of sp³-hybridized carbons (Fsp3) is 0.833. The van der Waals surface area contributed by atoms with Crippen LogP contribution < -0.4 is 0 Å². The lowest BCUT2D eigenvalue weighted by atomic mass is 9.51. The predicted molar refractivity (Wildman–Crippen MR) is 79.6 cm³/mol. The van der Waals surface area contributed by atoms with Crippen LogP contribution in [0.2, 0.25) is 0 Å². The molecule has 3 heteroatoms. The highest BCUT2D eigenvalue weighted by Crippen LogP contribution is 2.62. The van der Waals surface area contributed by atoms with Crippen LogP contribution in [-0.4, -0.2) is 27.7 Å². The Bertz CT molecular complexity index is 511. The van der Waals surface area contributed by atoms with Crippen molar-refractivity contribution in [2.24, 2.45) is 23.2 Å². The Labute approximate surface area is 126 Å². The van der Waals surface area contributed by atoms with Crippen molar-refractivity contribution in [1.82, 2.24) is 0 Å². The number of fused-ring (bicyclic) bond motifs is 5. The van der Waals surface area contributed by atoms with Crippen molar-refractivity contribution in [1.29, 1.82) is 0 Å². The molecular formula is C18H26O3. The average molecular weight is 290 g/mol. The van der Waals surface area contributed by atoms with Gasteiger partial charge in [-0.05, 0) is 79.8 Å². The first-order valence-corrected chi connectivity index (χ1v) is 8.57. The summed E-state index contributed by atoms with van der Waals surface area (Å²) in [6, 6.07) is 0. The van der Waals surface area contributed by atoms with Gasteiger partial charge in [-0.2, -0.15) is 0 Å². The smallest absolute Gasteiger partial charge is 0.155 e. The lowest BCUT2D eigenvalue weighted by Gasteiger charge is -2.56. The van der Waals surface area contributed by atoms with E-state index in [1.54, 1.807) is 6.08 Å². The van der Waals surface area contributed by atoms with Crippen molar-refractivity contribution in [3.63, 3.8) is 0 Å². The molecule has 4 aliphatic carbocycles. The molecule has 116 valence electrons. The number of hydrogen-bond acceptors (Lipinski definition) is 3. The molecule has 4 aliphatic rings. The minimum atomic E-state index is -0.730. The number of rotatable bonds is 0. The number of carbonyl (C=O) groups excluding carboxylic acids is 1. The first kappa shape index (κ1) is 14.0. The second-order valence-corrected chi connectivity index (χ2v) is 8.26. The molecule has 0 aromatic heterocycles. The van der Waals surface area contributed by atoms with Gasteiger partial charge in [0.1, 0.15) is 0 Å². The van der Waals surface area contributed by atoms with E-state index in [9.17, 15) is 15.0 Å². The molecule has 21 heavy (non-hydrogen) atoms. The second-order valence-electron chi connectivity index (χ2n) is 8.26. The van der Waals surface area contributed by atoms with Crippen LogP contribution in [0.1, 0.15) is 58.3 Å². The summed E-state index contributed by atoms with van der Waals surface area (Å²) in [6.45, 7) is 2.34. The molecule has 6 atom stereocenters. The molecule has 0 aromatic rings. The van der Waals surface area contributed by atoms with Crippen LogP contribution in [0.5, 0.6) is 0 Å². The lowest BCUT2D eigenvalue weighted by molar-refractivity contribution is -0.124. The molecule has 0 heterocycles. The van der Waals surface area contributed by atoms with E-state index in [0.29, 0.717) is 30.6 Å². The van der Waals surface area contributed by atoms with Crippen LogP contribution in [0.15, 0.2) is 11.6 Å². The molecule has 0 saturated heterocycles. The molecule has 4 rings (SSSR count). The molecule has 2 N–H and O–H groups in total. The van der Waals surface area contributed by atoms with Gasteiger partial charge < -0.3 is 10.2 Å². The minimum absolute atomic E-state index is 0.154. The lowest BCUT2D eigenvalue weighted by Crippen LogP contribution is -2.54. The molecule has 0 bridgehead atoms. The van der Waals surface area contributed by atoms with Crippen molar-refractivity contribution in [2.75, 3.05) is 0 Å². The van der Waals surface area contributed by atoms with Crippen LogP contribution in [0.3, 0.4) is 0 Å². The van der Waals surface area contributed by atoms with E-state index >= 15 is 0 Å². The Morgan fingerprint density at radius 1 is 1.19 bits per heavy atom. The maximum Gasteiger partial charge on any atom is 0.155 e. The Hall–Kier alpha value is -0.670. The van der Waals surface area contributed by atoms with Crippen molar-refractivity contribution in [3.8, 4) is 0 Å². The van der Waals surface area contributed by atoms with Crippen molar-refractivity contribution >= 4 is 5.78 Å². The van der Waals surface area contributed by atoms with Gasteiger partial charge in [0.05, 0.1) is 11.7 Å². The fourth-order valence-corrected chi connectivity index (χ4v) is 6.20. The highest BCUT2D eigenvalue weighted by Gasteiger charge is 2.58. The highest BCUT2D eigenvalue weighted by atomic mass is 16.3. The summed E-state index contributed by atoms with van der Waals surface area (Å²) < 4.78 is 0. The van der Waals surface area contributed by atoms with Crippen LogP contribution in [-0.2, 0) is 4.79 Å². The molecule has 0 amide bonds. The molecule has 0 aromatic carbocycles. The van der Waals surface area contributed by atoms with E-state index in [1.165, 1.54) is 0 Å². The number of hydrogen-bond donors (Lipinski definition) is 2. The summed E-state index contributed by atoms with van der Waals surface area (Å²) >= 11 is 0. The van der Waals surface area contributed by atoms with Gasteiger partial charge in [-0.1, -0.05) is 6.92 Å². The van der Waals surface area contributed by atoms with E-state index < -0.39 is 5.60 Å². The fourth-order valence-electron chi connectivity index (χ4n) is 6.20. The zero-order valence-electron chi connectivity index (χ0n) is 12.8. The molecule has 0 spiro atoms. The van der Waals surface area contributed by atoms with E-state index in [4.69, 9.17) is 0 Å². The van der Waals surface area contributed by atoms with Crippen molar-refractivity contribution < 1.29 is 15.0 Å².